The molecule has 9 nitrogen and oxygen atoms in total. The van der Waals surface area contributed by atoms with E-state index in [1.165, 1.54) is 24.3 Å². The third kappa shape index (κ3) is 3.59. The van der Waals surface area contributed by atoms with Crippen molar-refractivity contribution in [1.82, 2.24) is 15.2 Å². The first-order valence-corrected chi connectivity index (χ1v) is 11.6. The van der Waals surface area contributed by atoms with Crippen LogP contribution in [0.4, 0.5) is 0 Å². The van der Waals surface area contributed by atoms with Crippen molar-refractivity contribution in [1.29, 1.82) is 5.26 Å². The maximum atomic E-state index is 11.5. The summed E-state index contributed by atoms with van der Waals surface area (Å²) in [4.78, 5) is 4.59. The first-order valence-electron chi connectivity index (χ1n) is 10.1. The molecule has 34 heavy (non-hydrogen) atoms. The molecule has 2 aromatic carbocycles. The van der Waals surface area contributed by atoms with Crippen LogP contribution in [-0.4, -0.2) is 28.7 Å². The summed E-state index contributed by atoms with van der Waals surface area (Å²) in [6.45, 7) is 1.83. The van der Waals surface area contributed by atoms with Crippen molar-refractivity contribution in [2.24, 2.45) is 5.14 Å². The van der Waals surface area contributed by atoms with Crippen LogP contribution in [0.5, 0.6) is 5.75 Å². The van der Waals surface area contributed by atoms with Gasteiger partial charge in [0.15, 0.2) is 5.65 Å². The molecule has 0 aliphatic rings. The summed E-state index contributed by atoms with van der Waals surface area (Å²) in [5.74, 6) is 1.01. The Labute approximate surface area is 194 Å². The van der Waals surface area contributed by atoms with Gasteiger partial charge >= 0.3 is 0 Å². The highest BCUT2D eigenvalue weighted by atomic mass is 32.2. The summed E-state index contributed by atoms with van der Waals surface area (Å²) in [5.41, 5.74) is 3.68. The number of phenolic OH excluding ortho intramolecular Hbond substituents is 1. The Morgan fingerprint density at radius 3 is 2.29 bits per heavy atom. The molecule has 0 bridgehead atoms. The van der Waals surface area contributed by atoms with Crippen molar-refractivity contribution in [2.75, 3.05) is 0 Å². The highest BCUT2D eigenvalue weighted by Crippen LogP contribution is 2.39. The maximum absolute atomic E-state index is 11.5. The number of H-pyrrole nitrogens is 1. The zero-order valence-corrected chi connectivity index (χ0v) is 18.6. The number of phenols is 1. The third-order valence-corrected chi connectivity index (χ3v) is 6.38. The molecule has 4 N–H and O–H groups in total. The molecule has 0 aliphatic heterocycles. The lowest BCUT2D eigenvalue weighted by atomic mass is 9.97. The van der Waals surface area contributed by atoms with Gasteiger partial charge in [-0.2, -0.15) is 10.4 Å². The van der Waals surface area contributed by atoms with Gasteiger partial charge in [0.1, 0.15) is 23.3 Å². The van der Waals surface area contributed by atoms with Crippen LogP contribution in [0.3, 0.4) is 0 Å². The van der Waals surface area contributed by atoms with Crippen LogP contribution in [0.2, 0.25) is 0 Å². The average molecular weight is 471 g/mol. The molecule has 0 saturated heterocycles. The second kappa shape index (κ2) is 7.84. The molecule has 0 radical (unpaired) electrons. The largest absolute Gasteiger partial charge is 0.508 e. The van der Waals surface area contributed by atoms with Crippen LogP contribution in [0, 0.1) is 18.3 Å². The second-order valence-corrected chi connectivity index (χ2v) is 9.21. The van der Waals surface area contributed by atoms with E-state index in [0.29, 0.717) is 50.5 Å². The number of aromatic nitrogens is 3. The van der Waals surface area contributed by atoms with Gasteiger partial charge in [0.25, 0.3) is 0 Å². The van der Waals surface area contributed by atoms with Gasteiger partial charge in [-0.05, 0) is 67.6 Å². The molecule has 3 aromatic heterocycles. The molecule has 168 valence electrons. The Balaban J connectivity index is 1.70. The number of aromatic hydroxyl groups is 1. The SMILES string of the molecule is Cc1[nH]nc2nc(-c3ccc(O)cc3)c(C#N)c(-c3ccc(-c4ccc(S(N)(=O)=O)cc4)o3)c12. The van der Waals surface area contributed by atoms with E-state index < -0.39 is 10.0 Å². The van der Waals surface area contributed by atoms with E-state index in [1.807, 2.05) is 6.92 Å². The number of pyridine rings is 1. The quantitative estimate of drug-likeness (QED) is 0.356. The minimum absolute atomic E-state index is 0.00167. The van der Waals surface area contributed by atoms with E-state index in [9.17, 15) is 18.8 Å². The lowest BCUT2D eigenvalue weighted by Crippen LogP contribution is -2.11. The minimum atomic E-state index is -3.80. The Hall–Kier alpha value is -4.46. The standard InChI is InChI=1S/C24H17N5O4S/c1-13-21-22(20-11-10-19(33-20)14-4-8-17(9-5-14)34(26,31)32)18(12-25)23(27-24(21)29-28-13)15-2-6-16(30)7-3-15/h2-11,30H,1H3,(H2,26,31,32)(H,27,28,29). The minimum Gasteiger partial charge on any atom is -0.508 e. The fraction of sp³-hybridized carbons (Fsp3) is 0.0417. The number of nitrogens with two attached hydrogens (primary N) is 1. The summed E-state index contributed by atoms with van der Waals surface area (Å²) in [6.07, 6.45) is 0. The average Bonchev–Trinajstić information content (AvgIpc) is 3.45. The van der Waals surface area contributed by atoms with Gasteiger partial charge in [-0.3, -0.25) is 5.10 Å². The van der Waals surface area contributed by atoms with Crippen LogP contribution < -0.4 is 5.14 Å². The number of nitrogens with one attached hydrogen (secondary N) is 1. The highest BCUT2D eigenvalue weighted by molar-refractivity contribution is 7.89. The third-order valence-electron chi connectivity index (χ3n) is 5.45. The van der Waals surface area contributed by atoms with E-state index in [0.717, 1.165) is 5.69 Å². The van der Waals surface area contributed by atoms with Crippen molar-refractivity contribution in [2.45, 2.75) is 11.8 Å². The molecular weight excluding hydrogens is 454 g/mol. The number of benzene rings is 2. The van der Waals surface area contributed by atoms with Crippen LogP contribution in [0.25, 0.3) is 44.9 Å². The molecular formula is C24H17N5O4S. The van der Waals surface area contributed by atoms with Crippen molar-refractivity contribution in [3.63, 3.8) is 0 Å². The number of aromatic amines is 1. The first-order chi connectivity index (χ1) is 16.3. The number of furan rings is 1. The maximum Gasteiger partial charge on any atom is 0.238 e. The molecule has 5 aromatic rings. The van der Waals surface area contributed by atoms with Crippen molar-refractivity contribution >= 4 is 21.1 Å². The number of nitrogens with zero attached hydrogens (tertiary/aromatic N) is 3. The zero-order chi connectivity index (χ0) is 24.0. The van der Waals surface area contributed by atoms with E-state index in [2.05, 4.69) is 21.3 Å². The Bertz CT molecular complexity index is 1690. The molecule has 0 saturated carbocycles. The fourth-order valence-corrected chi connectivity index (χ4v) is 4.34. The van der Waals surface area contributed by atoms with Gasteiger partial charge in [0.05, 0.1) is 27.1 Å². The number of hydrogen-bond acceptors (Lipinski definition) is 7. The van der Waals surface area contributed by atoms with E-state index in [4.69, 9.17) is 9.56 Å². The normalized spacial score (nSPS) is 11.6. The van der Waals surface area contributed by atoms with E-state index in [1.54, 1.807) is 36.4 Å². The Kier molecular flexibility index (Phi) is 4.93. The van der Waals surface area contributed by atoms with Gasteiger partial charge in [0, 0.05) is 16.8 Å². The Morgan fingerprint density at radius 1 is 1.00 bits per heavy atom. The van der Waals surface area contributed by atoms with Crippen LogP contribution in [-0.2, 0) is 10.0 Å². The molecule has 5 rings (SSSR count). The predicted molar refractivity (Wildman–Crippen MR) is 125 cm³/mol. The monoisotopic (exact) mass is 471 g/mol. The summed E-state index contributed by atoms with van der Waals surface area (Å²) in [7, 11) is -3.80. The topological polar surface area (TPSA) is 159 Å². The van der Waals surface area contributed by atoms with Crippen molar-refractivity contribution in [3.8, 4) is 45.7 Å². The van der Waals surface area contributed by atoms with E-state index >= 15 is 0 Å². The smallest absolute Gasteiger partial charge is 0.238 e. The lowest BCUT2D eigenvalue weighted by molar-refractivity contribution is 0.475. The Morgan fingerprint density at radius 2 is 1.65 bits per heavy atom. The number of nitriles is 1. The number of aryl methyl sites for hydroxylation is 1. The molecule has 10 heteroatoms. The van der Waals surface area contributed by atoms with Gasteiger partial charge in [-0.1, -0.05) is 0 Å². The van der Waals surface area contributed by atoms with Crippen molar-refractivity contribution < 1.29 is 17.9 Å². The van der Waals surface area contributed by atoms with Crippen LogP contribution in [0.1, 0.15) is 11.3 Å². The summed E-state index contributed by atoms with van der Waals surface area (Å²) in [6, 6.07) is 18.1. The highest BCUT2D eigenvalue weighted by Gasteiger charge is 2.23. The van der Waals surface area contributed by atoms with Crippen LogP contribution in [0.15, 0.2) is 70.0 Å². The number of rotatable bonds is 4. The van der Waals surface area contributed by atoms with Gasteiger partial charge in [0.2, 0.25) is 10.0 Å². The zero-order valence-electron chi connectivity index (χ0n) is 17.8. The summed E-state index contributed by atoms with van der Waals surface area (Å²) in [5, 5.41) is 32.8. The van der Waals surface area contributed by atoms with Crippen molar-refractivity contribution in [3.05, 3.63) is 71.9 Å². The molecule has 0 amide bonds. The molecule has 0 spiro atoms. The fourth-order valence-electron chi connectivity index (χ4n) is 3.82. The lowest BCUT2D eigenvalue weighted by Gasteiger charge is -2.10. The van der Waals surface area contributed by atoms with Gasteiger partial charge in [-0.25, -0.2) is 18.5 Å². The molecule has 3 heterocycles. The molecule has 0 fully saturated rings. The van der Waals surface area contributed by atoms with Crippen LogP contribution >= 0.6 is 0 Å². The summed E-state index contributed by atoms with van der Waals surface area (Å²) >= 11 is 0. The molecule has 0 aliphatic carbocycles. The number of hydrogen-bond donors (Lipinski definition) is 3. The number of primary sulfonamides is 1. The van der Waals surface area contributed by atoms with Gasteiger partial charge < -0.3 is 9.52 Å². The number of fused-ring (bicyclic) bond motifs is 1. The number of sulfonamides is 1. The summed E-state index contributed by atoms with van der Waals surface area (Å²) < 4.78 is 29.2. The molecule has 0 atom stereocenters. The van der Waals surface area contributed by atoms with E-state index in [-0.39, 0.29) is 10.6 Å². The van der Waals surface area contributed by atoms with Gasteiger partial charge in [-0.15, -0.1) is 0 Å². The molecule has 0 unspecified atom stereocenters. The first kappa shape index (κ1) is 21.4. The second-order valence-electron chi connectivity index (χ2n) is 7.65. The predicted octanol–water partition coefficient (Wildman–Crippen LogP) is 4.09.